The second-order valence-electron chi connectivity index (χ2n) is 3.85. The Morgan fingerprint density at radius 2 is 2.00 bits per heavy atom. The summed E-state index contributed by atoms with van der Waals surface area (Å²) in [6.45, 7) is 0.253. The molecule has 0 aliphatic heterocycles. The number of hydrogen-bond donors (Lipinski definition) is 1. The highest BCUT2D eigenvalue weighted by Crippen LogP contribution is 2.22. The molecular formula is C11H13F4NO. The average Bonchev–Trinajstić information content (AvgIpc) is 2.13. The summed E-state index contributed by atoms with van der Waals surface area (Å²) in [6.07, 6.45) is -4.02. The van der Waals surface area contributed by atoms with Gasteiger partial charge in [-0.3, -0.25) is 0 Å². The van der Waals surface area contributed by atoms with Crippen LogP contribution in [-0.4, -0.2) is 18.8 Å². The summed E-state index contributed by atoms with van der Waals surface area (Å²) in [5.41, 5.74) is 6.15. The van der Waals surface area contributed by atoms with Crippen molar-refractivity contribution in [2.45, 2.75) is 25.6 Å². The van der Waals surface area contributed by atoms with E-state index in [2.05, 4.69) is 4.74 Å². The van der Waals surface area contributed by atoms with Crippen molar-refractivity contribution in [2.24, 2.45) is 5.73 Å². The third-order valence-corrected chi connectivity index (χ3v) is 1.95. The lowest BCUT2D eigenvalue weighted by molar-refractivity contribution is -0.153. The fraction of sp³-hybridized carbons (Fsp3) is 0.455. The van der Waals surface area contributed by atoms with Crippen LogP contribution in [0.2, 0.25) is 0 Å². The van der Waals surface area contributed by atoms with Gasteiger partial charge in [0.1, 0.15) is 0 Å². The number of rotatable bonds is 4. The Balaban J connectivity index is 2.69. The molecule has 0 bridgehead atoms. The zero-order chi connectivity index (χ0) is 13.1. The molecule has 1 aromatic rings. The van der Waals surface area contributed by atoms with Crippen molar-refractivity contribution >= 4 is 0 Å². The molecule has 2 nitrogen and oxygen atoms in total. The molecule has 1 unspecified atom stereocenters. The van der Waals surface area contributed by atoms with Gasteiger partial charge in [0.05, 0.1) is 0 Å². The molecule has 96 valence electrons. The number of alkyl halides is 3. The minimum Gasteiger partial charge on any atom is -0.481 e. The molecule has 0 spiro atoms. The van der Waals surface area contributed by atoms with Gasteiger partial charge in [-0.15, -0.1) is 0 Å². The highest BCUT2D eigenvalue weighted by Gasteiger charge is 2.28. The molecule has 17 heavy (non-hydrogen) atoms. The van der Waals surface area contributed by atoms with Crippen LogP contribution in [0.3, 0.4) is 0 Å². The largest absolute Gasteiger partial charge is 0.481 e. The molecule has 0 fully saturated rings. The van der Waals surface area contributed by atoms with E-state index in [0.717, 1.165) is 6.07 Å². The smallest absolute Gasteiger partial charge is 0.422 e. The number of hydrogen-bond acceptors (Lipinski definition) is 2. The summed E-state index contributed by atoms with van der Waals surface area (Å²) in [4.78, 5) is 0. The molecule has 0 saturated heterocycles. The van der Waals surface area contributed by atoms with E-state index >= 15 is 0 Å². The fourth-order valence-electron chi connectivity index (χ4n) is 1.32. The first-order valence-corrected chi connectivity index (χ1v) is 5.01. The Kier molecular flexibility index (Phi) is 4.34. The van der Waals surface area contributed by atoms with Crippen LogP contribution in [0.5, 0.6) is 5.75 Å². The van der Waals surface area contributed by atoms with Crippen LogP contribution in [0, 0.1) is 5.82 Å². The van der Waals surface area contributed by atoms with E-state index in [1.165, 1.54) is 12.1 Å². The molecule has 1 rings (SSSR count). The van der Waals surface area contributed by atoms with Crippen LogP contribution < -0.4 is 10.5 Å². The molecular weight excluding hydrogens is 238 g/mol. The summed E-state index contributed by atoms with van der Waals surface area (Å²) in [5, 5.41) is 0. The Hall–Kier alpha value is -1.30. The standard InChI is InChI=1S/C11H13F4NO/c1-7(16)4-8-2-3-10(9(12)5-8)17-6-11(13,14)15/h2-3,5,7H,4,6,16H2,1H3. The topological polar surface area (TPSA) is 35.2 Å². The van der Waals surface area contributed by atoms with Gasteiger partial charge in [0.2, 0.25) is 0 Å². The lowest BCUT2D eigenvalue weighted by atomic mass is 10.1. The van der Waals surface area contributed by atoms with E-state index in [0.29, 0.717) is 12.0 Å². The first-order chi connectivity index (χ1) is 7.78. The van der Waals surface area contributed by atoms with E-state index in [1.807, 2.05) is 0 Å². The van der Waals surface area contributed by atoms with Crippen LogP contribution in [0.1, 0.15) is 12.5 Å². The summed E-state index contributed by atoms with van der Waals surface area (Å²) >= 11 is 0. The van der Waals surface area contributed by atoms with Gasteiger partial charge in [-0.2, -0.15) is 13.2 Å². The molecule has 0 aromatic heterocycles. The molecule has 1 atom stereocenters. The van der Waals surface area contributed by atoms with Crippen LogP contribution in [0.25, 0.3) is 0 Å². The van der Waals surface area contributed by atoms with Crippen molar-refractivity contribution in [1.29, 1.82) is 0 Å². The van der Waals surface area contributed by atoms with Gasteiger partial charge < -0.3 is 10.5 Å². The Labute approximate surface area is 96.4 Å². The molecule has 0 heterocycles. The first kappa shape index (κ1) is 13.8. The lowest BCUT2D eigenvalue weighted by Crippen LogP contribution is -2.20. The Morgan fingerprint density at radius 3 is 2.47 bits per heavy atom. The van der Waals surface area contributed by atoms with Crippen molar-refractivity contribution in [2.75, 3.05) is 6.61 Å². The molecule has 6 heteroatoms. The summed E-state index contributed by atoms with van der Waals surface area (Å²) in [5.74, 6) is -1.22. The molecule has 0 aliphatic carbocycles. The van der Waals surface area contributed by atoms with E-state index in [1.54, 1.807) is 6.92 Å². The summed E-state index contributed by atoms with van der Waals surface area (Å²) < 4.78 is 53.3. The van der Waals surface area contributed by atoms with Crippen LogP contribution in [0.15, 0.2) is 18.2 Å². The maximum atomic E-state index is 13.3. The lowest BCUT2D eigenvalue weighted by Gasteiger charge is -2.11. The fourth-order valence-corrected chi connectivity index (χ4v) is 1.32. The normalized spacial score (nSPS) is 13.5. The van der Waals surface area contributed by atoms with Gasteiger partial charge in [-0.1, -0.05) is 6.07 Å². The molecule has 0 saturated carbocycles. The summed E-state index contributed by atoms with van der Waals surface area (Å²) in [7, 11) is 0. The average molecular weight is 251 g/mol. The second-order valence-corrected chi connectivity index (χ2v) is 3.85. The monoisotopic (exact) mass is 251 g/mol. The summed E-state index contributed by atoms with van der Waals surface area (Å²) in [6, 6.07) is 3.67. The Bertz CT molecular complexity index is 376. The maximum absolute atomic E-state index is 13.3. The quantitative estimate of drug-likeness (QED) is 0.835. The van der Waals surface area contributed by atoms with Crippen LogP contribution >= 0.6 is 0 Å². The number of nitrogens with two attached hydrogens (primary N) is 1. The van der Waals surface area contributed by atoms with Crippen LogP contribution in [0.4, 0.5) is 17.6 Å². The van der Waals surface area contributed by atoms with Crippen molar-refractivity contribution in [1.82, 2.24) is 0 Å². The van der Waals surface area contributed by atoms with Gasteiger partial charge in [0, 0.05) is 6.04 Å². The predicted octanol–water partition coefficient (Wildman–Crippen LogP) is 2.66. The van der Waals surface area contributed by atoms with Gasteiger partial charge in [-0.05, 0) is 31.0 Å². The Morgan fingerprint density at radius 1 is 1.35 bits per heavy atom. The van der Waals surface area contributed by atoms with Crippen molar-refractivity contribution in [3.8, 4) is 5.75 Å². The first-order valence-electron chi connectivity index (χ1n) is 5.01. The predicted molar refractivity (Wildman–Crippen MR) is 55.3 cm³/mol. The molecule has 1 aromatic carbocycles. The SMILES string of the molecule is CC(N)Cc1ccc(OCC(F)(F)F)c(F)c1. The molecule has 0 radical (unpaired) electrons. The van der Waals surface area contributed by atoms with Gasteiger partial charge >= 0.3 is 6.18 Å². The minimum absolute atomic E-state index is 0.142. The highest BCUT2D eigenvalue weighted by atomic mass is 19.4. The van der Waals surface area contributed by atoms with E-state index in [4.69, 9.17) is 5.73 Å². The van der Waals surface area contributed by atoms with E-state index in [9.17, 15) is 17.6 Å². The minimum atomic E-state index is -4.48. The van der Waals surface area contributed by atoms with Gasteiger partial charge in [0.25, 0.3) is 0 Å². The number of ether oxygens (including phenoxy) is 1. The zero-order valence-electron chi connectivity index (χ0n) is 9.22. The van der Waals surface area contributed by atoms with Crippen molar-refractivity contribution in [3.63, 3.8) is 0 Å². The molecule has 0 amide bonds. The van der Waals surface area contributed by atoms with Gasteiger partial charge in [-0.25, -0.2) is 4.39 Å². The van der Waals surface area contributed by atoms with Gasteiger partial charge in [0.15, 0.2) is 18.2 Å². The second kappa shape index (κ2) is 5.35. The van der Waals surface area contributed by atoms with E-state index < -0.39 is 24.3 Å². The highest BCUT2D eigenvalue weighted by molar-refractivity contribution is 5.29. The zero-order valence-corrected chi connectivity index (χ0v) is 9.22. The van der Waals surface area contributed by atoms with Crippen LogP contribution in [-0.2, 0) is 6.42 Å². The van der Waals surface area contributed by atoms with E-state index in [-0.39, 0.29) is 6.04 Å². The molecule has 2 N–H and O–H groups in total. The van der Waals surface area contributed by atoms with Crippen molar-refractivity contribution in [3.05, 3.63) is 29.6 Å². The third-order valence-electron chi connectivity index (χ3n) is 1.95. The maximum Gasteiger partial charge on any atom is 0.422 e. The van der Waals surface area contributed by atoms with Crippen molar-refractivity contribution < 1.29 is 22.3 Å². The molecule has 0 aliphatic rings. The third kappa shape index (κ3) is 5.04. The number of benzene rings is 1. The number of halogens is 4.